The summed E-state index contributed by atoms with van der Waals surface area (Å²) in [5.74, 6) is -0.493. The maximum absolute atomic E-state index is 10.3. The third-order valence-corrected chi connectivity index (χ3v) is 0.733. The highest BCUT2D eigenvalue weighted by Crippen LogP contribution is 1.88. The molecule has 42 valence electrons. The minimum absolute atomic E-state index is 0.0602. The molecule has 0 radical (unpaired) electrons. The number of aliphatic hydroxyl groups excluding tert-OH is 1. The van der Waals surface area contributed by atoms with Gasteiger partial charge in [-0.2, -0.15) is 0 Å². The van der Waals surface area contributed by atoms with Crippen molar-refractivity contribution < 1.29 is 9.90 Å². The van der Waals surface area contributed by atoms with E-state index in [0.29, 0.717) is 0 Å². The number of hydrogen-bond donors (Lipinski definition) is 1. The minimum atomic E-state index is -0.493. The molecule has 1 rings (SSSR count). The van der Waals surface area contributed by atoms with Crippen LogP contribution in [-0.2, 0) is 4.79 Å². The van der Waals surface area contributed by atoms with E-state index in [9.17, 15) is 4.79 Å². The lowest BCUT2D eigenvalue weighted by Crippen LogP contribution is -2.11. The van der Waals surface area contributed by atoms with E-state index in [-0.39, 0.29) is 12.3 Å². The fourth-order valence-corrected chi connectivity index (χ4v) is 0.346. The summed E-state index contributed by atoms with van der Waals surface area (Å²) in [5, 5.41) is 8.28. The number of aliphatic hydroxyl groups is 1. The number of nitrogens with zero attached hydrogens (tertiary/aromatic N) is 2. The van der Waals surface area contributed by atoms with Crippen LogP contribution in [-0.4, -0.2) is 29.7 Å². The average Bonchev–Trinajstić information content (AvgIpc) is 2.14. The van der Waals surface area contributed by atoms with Crippen molar-refractivity contribution in [3.8, 4) is 0 Å². The highest BCUT2D eigenvalue weighted by atomic mass is 16.3. The zero-order valence-electron chi connectivity index (χ0n) is 3.96. The Balaban J connectivity index is 2.73. The van der Waals surface area contributed by atoms with Crippen LogP contribution in [0.25, 0.3) is 0 Å². The summed E-state index contributed by atoms with van der Waals surface area (Å²) in [7, 11) is 0. The predicted molar refractivity (Wildman–Crippen MR) is 27.0 cm³/mol. The highest BCUT2D eigenvalue weighted by molar-refractivity contribution is 6.44. The molecular formula is C4H3N2O2-. The Morgan fingerprint density at radius 3 is 2.75 bits per heavy atom. The van der Waals surface area contributed by atoms with E-state index >= 15 is 0 Å². The van der Waals surface area contributed by atoms with Crippen molar-refractivity contribution >= 4 is 18.0 Å². The molecule has 0 bridgehead atoms. The summed E-state index contributed by atoms with van der Waals surface area (Å²) in [4.78, 5) is 16.8. The standard InChI is InChI=1S/C4H3N2O2/c7-1-3-4(8)6-2-5-3/h7H,1H2/q-1. The number of carbonyl (C=O) groups excluding carboxylic acids is 1. The molecule has 8 heavy (non-hydrogen) atoms. The lowest BCUT2D eigenvalue weighted by atomic mass is 10.4. The predicted octanol–water partition coefficient (Wildman–Crippen LogP) is -1.13. The maximum Gasteiger partial charge on any atom is 0.134 e. The fourth-order valence-electron chi connectivity index (χ4n) is 0.346. The van der Waals surface area contributed by atoms with E-state index < -0.39 is 5.91 Å². The molecule has 1 aliphatic heterocycles. The van der Waals surface area contributed by atoms with Gasteiger partial charge in [-0.3, -0.25) is 0 Å². The maximum atomic E-state index is 10.3. The summed E-state index contributed by atoms with van der Waals surface area (Å²) in [5.41, 5.74) is 0.0602. The van der Waals surface area contributed by atoms with Gasteiger partial charge in [0.1, 0.15) is 5.91 Å². The van der Waals surface area contributed by atoms with Gasteiger partial charge in [0.05, 0.1) is 0 Å². The highest BCUT2D eigenvalue weighted by Gasteiger charge is 1.97. The van der Waals surface area contributed by atoms with Crippen LogP contribution in [0.3, 0.4) is 0 Å². The lowest BCUT2D eigenvalue weighted by Gasteiger charge is -1.95. The summed E-state index contributed by atoms with van der Waals surface area (Å²) >= 11 is 0. The molecule has 1 amide bonds. The molecule has 1 N–H and O–H groups in total. The monoisotopic (exact) mass is 111 g/mol. The van der Waals surface area contributed by atoms with Gasteiger partial charge in [0.15, 0.2) is 0 Å². The second kappa shape index (κ2) is 1.83. The normalized spacial score (nSPS) is 17.1. The molecule has 0 unspecified atom stereocenters. The summed E-state index contributed by atoms with van der Waals surface area (Å²) in [6.45, 7) is -0.352. The Hall–Kier alpha value is -1.03. The largest absolute Gasteiger partial charge is 0.403 e. The summed E-state index contributed by atoms with van der Waals surface area (Å²) < 4.78 is 0. The van der Waals surface area contributed by atoms with E-state index in [2.05, 4.69) is 16.3 Å². The van der Waals surface area contributed by atoms with Gasteiger partial charge in [-0.1, -0.05) is 0 Å². The Kier molecular flexibility index (Phi) is 1.17. The van der Waals surface area contributed by atoms with E-state index in [4.69, 9.17) is 5.11 Å². The Labute approximate surface area is 45.6 Å². The van der Waals surface area contributed by atoms with Gasteiger partial charge in [0.25, 0.3) is 0 Å². The number of carbonyl (C=O) groups is 1. The van der Waals surface area contributed by atoms with Crippen LogP contribution in [0, 0.1) is 0 Å². The smallest absolute Gasteiger partial charge is 0.134 e. The first-order valence-electron chi connectivity index (χ1n) is 2.02. The van der Waals surface area contributed by atoms with E-state index in [1.54, 1.807) is 0 Å². The van der Waals surface area contributed by atoms with Gasteiger partial charge in [-0.15, -0.1) is 0 Å². The van der Waals surface area contributed by atoms with Gasteiger partial charge >= 0.3 is 0 Å². The lowest BCUT2D eigenvalue weighted by molar-refractivity contribution is -0.111. The van der Waals surface area contributed by atoms with Crippen molar-refractivity contribution in [1.29, 1.82) is 0 Å². The van der Waals surface area contributed by atoms with Crippen LogP contribution in [0.2, 0.25) is 0 Å². The average molecular weight is 111 g/mol. The molecule has 0 fully saturated rings. The topological polar surface area (TPSA) is 62.0 Å². The molecule has 0 saturated heterocycles. The van der Waals surface area contributed by atoms with E-state index in [1.807, 2.05) is 0 Å². The first-order chi connectivity index (χ1) is 3.84. The van der Waals surface area contributed by atoms with Crippen LogP contribution in [0.15, 0.2) is 9.98 Å². The molecule has 0 aliphatic carbocycles. The molecule has 0 aromatic rings. The van der Waals surface area contributed by atoms with Crippen molar-refractivity contribution in [3.05, 3.63) is 0 Å². The van der Waals surface area contributed by atoms with E-state index in [0.717, 1.165) is 0 Å². The van der Waals surface area contributed by atoms with Crippen LogP contribution in [0.1, 0.15) is 0 Å². The first kappa shape index (κ1) is 5.11. The van der Waals surface area contributed by atoms with Gasteiger partial charge < -0.3 is 19.9 Å². The third-order valence-electron chi connectivity index (χ3n) is 0.733. The van der Waals surface area contributed by atoms with Crippen molar-refractivity contribution in [1.82, 2.24) is 0 Å². The summed E-state index contributed by atoms with van der Waals surface area (Å²) in [6, 6.07) is 0. The van der Waals surface area contributed by atoms with Crippen LogP contribution >= 0.6 is 0 Å². The molecule has 0 saturated carbocycles. The zero-order chi connectivity index (χ0) is 5.98. The van der Waals surface area contributed by atoms with Crippen LogP contribution in [0.4, 0.5) is 0 Å². The Bertz CT molecular complexity index is 171. The number of amides is 1. The quantitative estimate of drug-likeness (QED) is 0.435. The van der Waals surface area contributed by atoms with Crippen molar-refractivity contribution in [2.24, 2.45) is 9.98 Å². The molecule has 4 nitrogen and oxygen atoms in total. The SMILES string of the molecule is O=C1N=[C-]N=C1CO. The van der Waals surface area contributed by atoms with Gasteiger partial charge in [0.2, 0.25) is 0 Å². The fraction of sp³-hybridized carbons (Fsp3) is 0.250. The molecular weight excluding hydrogens is 108 g/mol. The van der Waals surface area contributed by atoms with Crippen LogP contribution in [0.5, 0.6) is 0 Å². The van der Waals surface area contributed by atoms with Crippen molar-refractivity contribution in [2.45, 2.75) is 0 Å². The number of rotatable bonds is 1. The van der Waals surface area contributed by atoms with Crippen LogP contribution < -0.4 is 0 Å². The Morgan fingerprint density at radius 1 is 1.75 bits per heavy atom. The molecule has 0 aromatic carbocycles. The van der Waals surface area contributed by atoms with Crippen molar-refractivity contribution in [2.75, 3.05) is 6.61 Å². The molecule has 0 spiro atoms. The van der Waals surface area contributed by atoms with E-state index in [1.165, 1.54) is 0 Å². The molecule has 1 heterocycles. The summed E-state index contributed by atoms with van der Waals surface area (Å²) in [6.07, 6.45) is 2.08. The number of aliphatic imine (C=N–C) groups is 2. The van der Waals surface area contributed by atoms with Crippen molar-refractivity contribution in [3.63, 3.8) is 0 Å². The Morgan fingerprint density at radius 2 is 2.50 bits per heavy atom. The van der Waals surface area contributed by atoms with Gasteiger partial charge in [0, 0.05) is 12.9 Å². The second-order valence-electron chi connectivity index (χ2n) is 1.23. The van der Waals surface area contributed by atoms with Gasteiger partial charge in [-0.05, 0) is 5.71 Å². The first-order valence-corrected chi connectivity index (χ1v) is 2.02. The zero-order valence-corrected chi connectivity index (χ0v) is 3.96. The molecule has 0 atom stereocenters. The van der Waals surface area contributed by atoms with Gasteiger partial charge in [-0.25, -0.2) is 0 Å². The molecule has 4 heteroatoms. The minimum Gasteiger partial charge on any atom is -0.403 e. The second-order valence-corrected chi connectivity index (χ2v) is 1.23. The molecule has 0 aromatic heterocycles. The number of hydrogen-bond acceptors (Lipinski definition) is 3. The molecule has 1 aliphatic rings. The third kappa shape index (κ3) is 0.651.